The molecular weight excluding hydrogens is 264 g/mol. The Bertz CT molecular complexity index is 631. The number of nitrogens with one attached hydrogen (secondary N) is 1. The van der Waals surface area contributed by atoms with Crippen LogP contribution in [-0.4, -0.2) is 24.4 Å². The Labute approximate surface area is 125 Å². The second-order valence-electron chi connectivity index (χ2n) is 5.55. The number of anilines is 1. The van der Waals surface area contributed by atoms with E-state index in [0.717, 1.165) is 22.8 Å². The minimum atomic E-state index is -0.0206. The van der Waals surface area contributed by atoms with Gasteiger partial charge >= 0.3 is 0 Å². The van der Waals surface area contributed by atoms with Crippen LogP contribution in [0.2, 0.25) is 0 Å². The van der Waals surface area contributed by atoms with E-state index in [1.54, 1.807) is 0 Å². The van der Waals surface area contributed by atoms with Crippen LogP contribution >= 0.6 is 0 Å². The molecule has 1 aromatic carbocycles. The van der Waals surface area contributed by atoms with Crippen molar-refractivity contribution in [3.8, 4) is 0 Å². The summed E-state index contributed by atoms with van der Waals surface area (Å²) >= 11 is 0. The van der Waals surface area contributed by atoms with Gasteiger partial charge in [-0.2, -0.15) is 0 Å². The average Bonchev–Trinajstić information content (AvgIpc) is 2.78. The normalized spacial score (nSPS) is 10.9. The van der Waals surface area contributed by atoms with E-state index in [-0.39, 0.29) is 5.91 Å². The summed E-state index contributed by atoms with van der Waals surface area (Å²) in [6, 6.07) is 9.87. The zero-order valence-electron chi connectivity index (χ0n) is 13.1. The fourth-order valence-corrected chi connectivity index (χ4v) is 2.28. The molecule has 0 aliphatic rings. The molecule has 0 atom stereocenters. The van der Waals surface area contributed by atoms with E-state index in [4.69, 9.17) is 4.42 Å². The molecule has 0 saturated carbocycles. The van der Waals surface area contributed by atoms with Crippen molar-refractivity contribution < 1.29 is 9.21 Å². The van der Waals surface area contributed by atoms with Crippen molar-refractivity contribution in [1.82, 2.24) is 4.90 Å². The van der Waals surface area contributed by atoms with Gasteiger partial charge in [-0.05, 0) is 51.6 Å². The van der Waals surface area contributed by atoms with E-state index in [0.29, 0.717) is 13.1 Å². The molecule has 4 heteroatoms. The van der Waals surface area contributed by atoms with Crippen molar-refractivity contribution in [2.75, 3.05) is 18.9 Å². The third-order valence-electron chi connectivity index (χ3n) is 3.29. The van der Waals surface area contributed by atoms with Gasteiger partial charge in [0.2, 0.25) is 5.91 Å². The maximum atomic E-state index is 12.1. The number of carbonyl (C=O) groups is 1. The second-order valence-corrected chi connectivity index (χ2v) is 5.55. The van der Waals surface area contributed by atoms with Crippen LogP contribution in [0.1, 0.15) is 22.6 Å². The van der Waals surface area contributed by atoms with Gasteiger partial charge in [-0.3, -0.25) is 9.69 Å². The molecule has 2 aromatic rings. The summed E-state index contributed by atoms with van der Waals surface area (Å²) in [7, 11) is 1.90. The first kappa shape index (κ1) is 15.3. The van der Waals surface area contributed by atoms with Gasteiger partial charge in [-0.25, -0.2) is 0 Å². The fourth-order valence-electron chi connectivity index (χ4n) is 2.28. The van der Waals surface area contributed by atoms with E-state index in [9.17, 15) is 4.79 Å². The van der Waals surface area contributed by atoms with Crippen molar-refractivity contribution in [3.05, 3.63) is 53.0 Å². The maximum Gasteiger partial charge on any atom is 0.238 e. The molecule has 2 rings (SSSR count). The molecule has 0 fully saturated rings. The minimum absolute atomic E-state index is 0.0206. The van der Waals surface area contributed by atoms with Crippen LogP contribution in [-0.2, 0) is 11.3 Å². The summed E-state index contributed by atoms with van der Waals surface area (Å²) in [5, 5.41) is 2.95. The number of hydrogen-bond donors (Lipinski definition) is 1. The number of benzene rings is 1. The van der Waals surface area contributed by atoms with Gasteiger partial charge in [0, 0.05) is 5.69 Å². The van der Waals surface area contributed by atoms with Crippen molar-refractivity contribution in [1.29, 1.82) is 0 Å². The Kier molecular flexibility index (Phi) is 4.81. The lowest BCUT2D eigenvalue weighted by molar-refractivity contribution is -0.117. The number of rotatable bonds is 5. The standard InChI is InChI=1S/C17H22N2O2/c1-12-5-8-16(13(2)9-12)18-17(20)11-19(4)10-15-7-6-14(3)21-15/h5-9H,10-11H2,1-4H3,(H,18,20). The largest absolute Gasteiger partial charge is 0.465 e. The highest BCUT2D eigenvalue weighted by molar-refractivity contribution is 5.92. The number of amides is 1. The molecular formula is C17H22N2O2. The zero-order valence-corrected chi connectivity index (χ0v) is 13.1. The van der Waals surface area contributed by atoms with Crippen LogP contribution in [0.5, 0.6) is 0 Å². The number of carbonyl (C=O) groups excluding carboxylic acids is 1. The van der Waals surface area contributed by atoms with E-state index >= 15 is 0 Å². The smallest absolute Gasteiger partial charge is 0.238 e. The quantitative estimate of drug-likeness (QED) is 0.917. The van der Waals surface area contributed by atoms with Crippen LogP contribution < -0.4 is 5.32 Å². The first-order valence-corrected chi connectivity index (χ1v) is 7.05. The van der Waals surface area contributed by atoms with Crippen LogP contribution in [0.4, 0.5) is 5.69 Å². The van der Waals surface area contributed by atoms with Gasteiger partial charge in [-0.15, -0.1) is 0 Å². The van der Waals surface area contributed by atoms with E-state index in [1.165, 1.54) is 5.56 Å². The molecule has 1 N–H and O–H groups in total. The fraction of sp³-hybridized carbons (Fsp3) is 0.353. The second kappa shape index (κ2) is 6.59. The highest BCUT2D eigenvalue weighted by Crippen LogP contribution is 2.16. The lowest BCUT2D eigenvalue weighted by Gasteiger charge is -2.15. The van der Waals surface area contributed by atoms with Gasteiger partial charge < -0.3 is 9.73 Å². The molecule has 0 aliphatic heterocycles. The molecule has 0 saturated heterocycles. The SMILES string of the molecule is Cc1ccc(NC(=O)CN(C)Cc2ccc(C)o2)c(C)c1. The van der Waals surface area contributed by atoms with Gasteiger partial charge in [0.05, 0.1) is 13.1 Å². The molecule has 1 heterocycles. The summed E-state index contributed by atoms with van der Waals surface area (Å²) in [6.45, 7) is 6.90. The van der Waals surface area contributed by atoms with Crippen molar-refractivity contribution >= 4 is 11.6 Å². The third kappa shape index (κ3) is 4.46. The van der Waals surface area contributed by atoms with E-state index < -0.39 is 0 Å². The Morgan fingerprint density at radius 3 is 2.57 bits per heavy atom. The molecule has 112 valence electrons. The van der Waals surface area contributed by atoms with Gasteiger partial charge in [0.1, 0.15) is 11.5 Å². The Hall–Kier alpha value is -2.07. The zero-order chi connectivity index (χ0) is 15.4. The van der Waals surface area contributed by atoms with Crippen LogP contribution in [0.25, 0.3) is 0 Å². The molecule has 0 aliphatic carbocycles. The molecule has 0 bridgehead atoms. The summed E-state index contributed by atoms with van der Waals surface area (Å²) in [6.07, 6.45) is 0. The van der Waals surface area contributed by atoms with Crippen LogP contribution in [0, 0.1) is 20.8 Å². The average molecular weight is 286 g/mol. The molecule has 0 radical (unpaired) electrons. The van der Waals surface area contributed by atoms with Gasteiger partial charge in [0.15, 0.2) is 0 Å². The molecule has 0 spiro atoms. The van der Waals surface area contributed by atoms with Crippen molar-refractivity contribution in [2.24, 2.45) is 0 Å². The minimum Gasteiger partial charge on any atom is -0.465 e. The highest BCUT2D eigenvalue weighted by atomic mass is 16.3. The topological polar surface area (TPSA) is 45.5 Å². The Balaban J connectivity index is 1.89. The molecule has 1 aromatic heterocycles. The van der Waals surface area contributed by atoms with Gasteiger partial charge in [-0.1, -0.05) is 17.7 Å². The number of aryl methyl sites for hydroxylation is 3. The summed E-state index contributed by atoms with van der Waals surface area (Å²) in [5.74, 6) is 1.74. The predicted molar refractivity (Wildman–Crippen MR) is 84.3 cm³/mol. The Morgan fingerprint density at radius 2 is 1.95 bits per heavy atom. The number of hydrogen-bond acceptors (Lipinski definition) is 3. The number of nitrogens with zero attached hydrogens (tertiary/aromatic N) is 1. The molecule has 1 amide bonds. The third-order valence-corrected chi connectivity index (χ3v) is 3.29. The van der Waals surface area contributed by atoms with E-state index in [2.05, 4.69) is 11.4 Å². The van der Waals surface area contributed by atoms with Crippen molar-refractivity contribution in [3.63, 3.8) is 0 Å². The van der Waals surface area contributed by atoms with Crippen LogP contribution in [0.3, 0.4) is 0 Å². The lowest BCUT2D eigenvalue weighted by atomic mass is 10.1. The first-order chi connectivity index (χ1) is 9.94. The van der Waals surface area contributed by atoms with E-state index in [1.807, 2.05) is 57.0 Å². The van der Waals surface area contributed by atoms with Gasteiger partial charge in [0.25, 0.3) is 0 Å². The maximum absolute atomic E-state index is 12.1. The Morgan fingerprint density at radius 1 is 1.19 bits per heavy atom. The first-order valence-electron chi connectivity index (χ1n) is 7.05. The summed E-state index contributed by atoms with van der Waals surface area (Å²) in [5.41, 5.74) is 3.14. The summed E-state index contributed by atoms with van der Waals surface area (Å²) in [4.78, 5) is 14.0. The number of likely N-dealkylation sites (N-methyl/N-ethyl adjacent to an activating group) is 1. The monoisotopic (exact) mass is 286 g/mol. The van der Waals surface area contributed by atoms with Crippen LogP contribution in [0.15, 0.2) is 34.7 Å². The number of furan rings is 1. The van der Waals surface area contributed by atoms with Crippen molar-refractivity contribution in [2.45, 2.75) is 27.3 Å². The molecule has 21 heavy (non-hydrogen) atoms. The molecule has 0 unspecified atom stereocenters. The lowest BCUT2D eigenvalue weighted by Crippen LogP contribution is -2.29. The predicted octanol–water partition coefficient (Wildman–Crippen LogP) is 3.28. The summed E-state index contributed by atoms with van der Waals surface area (Å²) < 4.78 is 5.51. The highest BCUT2D eigenvalue weighted by Gasteiger charge is 2.10. The molecule has 4 nitrogen and oxygen atoms in total.